The van der Waals surface area contributed by atoms with E-state index >= 15 is 0 Å². The number of nitrogens with one attached hydrogen (secondary N) is 5. The number of fused-ring (bicyclic) bond motifs is 1. The van der Waals surface area contributed by atoms with Gasteiger partial charge in [-0.15, -0.1) is 0 Å². The fraction of sp³-hybridized carbons (Fsp3) is 0.464. The standard InChI is InChI=1S/C28H39N7O5/c1-15(2)9-22(33-25(36)20(29)10-17-12-31-21-8-6-5-7-19(17)21)26(37)35-24(16(3)4)27(38)34-23(28(39)40)11-18-13-30-14-32-18/h5-8,12-16,20,22-24,31H,9-11,29H2,1-4H3,(H,30,32)(H,33,36)(H,34,38)(H,35,37)(H,39,40). The highest BCUT2D eigenvalue weighted by atomic mass is 16.4. The van der Waals surface area contributed by atoms with E-state index in [1.807, 2.05) is 44.3 Å². The fourth-order valence-electron chi connectivity index (χ4n) is 4.48. The zero-order chi connectivity index (χ0) is 29.4. The van der Waals surface area contributed by atoms with Gasteiger partial charge in [-0.3, -0.25) is 14.4 Å². The van der Waals surface area contributed by atoms with Gasteiger partial charge in [-0.2, -0.15) is 0 Å². The molecule has 0 aliphatic heterocycles. The van der Waals surface area contributed by atoms with Gasteiger partial charge in [0.05, 0.1) is 12.4 Å². The average molecular weight is 554 g/mol. The fourth-order valence-corrected chi connectivity index (χ4v) is 4.48. The maximum absolute atomic E-state index is 13.3. The molecule has 3 rings (SSSR count). The SMILES string of the molecule is CC(C)CC(NC(=O)C(N)Cc1c[nH]c2ccccc12)C(=O)NC(C(=O)NC(Cc1cnc[nH]1)C(=O)O)C(C)C. The van der Waals surface area contributed by atoms with Crippen LogP contribution in [0.4, 0.5) is 0 Å². The third-order valence-electron chi connectivity index (χ3n) is 6.63. The second kappa shape index (κ2) is 13.7. The van der Waals surface area contributed by atoms with Gasteiger partial charge in [0.2, 0.25) is 17.7 Å². The summed E-state index contributed by atoms with van der Waals surface area (Å²) in [4.78, 5) is 61.1. The molecule has 40 heavy (non-hydrogen) atoms. The van der Waals surface area contributed by atoms with Gasteiger partial charge in [0.1, 0.15) is 18.1 Å². The molecule has 12 heteroatoms. The Morgan fingerprint density at radius 1 is 0.925 bits per heavy atom. The van der Waals surface area contributed by atoms with E-state index in [9.17, 15) is 24.3 Å². The first-order valence-electron chi connectivity index (χ1n) is 13.4. The summed E-state index contributed by atoms with van der Waals surface area (Å²) in [5.74, 6) is -3.19. The van der Waals surface area contributed by atoms with Gasteiger partial charge in [-0.05, 0) is 36.3 Å². The van der Waals surface area contributed by atoms with E-state index in [1.165, 1.54) is 12.5 Å². The van der Waals surface area contributed by atoms with Crippen LogP contribution in [-0.4, -0.2) is 67.9 Å². The van der Waals surface area contributed by atoms with Crippen molar-refractivity contribution >= 4 is 34.6 Å². The Labute approximate surface area is 232 Å². The van der Waals surface area contributed by atoms with Crippen LogP contribution in [0.15, 0.2) is 43.0 Å². The summed E-state index contributed by atoms with van der Waals surface area (Å²) in [6.45, 7) is 7.31. The van der Waals surface area contributed by atoms with E-state index in [1.54, 1.807) is 13.8 Å². The van der Waals surface area contributed by atoms with Gasteiger partial charge in [-0.25, -0.2) is 9.78 Å². The number of carboxylic acids is 1. The first kappa shape index (κ1) is 30.4. The molecule has 3 amide bonds. The molecule has 1 aromatic carbocycles. The molecule has 8 N–H and O–H groups in total. The third kappa shape index (κ3) is 8.15. The Hall–Kier alpha value is -4.19. The molecule has 0 saturated carbocycles. The smallest absolute Gasteiger partial charge is 0.326 e. The minimum Gasteiger partial charge on any atom is -0.480 e. The number of carbonyl (C=O) groups excluding carboxylic acids is 3. The molecule has 0 spiro atoms. The number of benzene rings is 1. The van der Waals surface area contributed by atoms with Crippen molar-refractivity contribution in [1.82, 2.24) is 30.9 Å². The van der Waals surface area contributed by atoms with Crippen molar-refractivity contribution < 1.29 is 24.3 Å². The van der Waals surface area contributed by atoms with Crippen molar-refractivity contribution in [3.05, 3.63) is 54.2 Å². The second-order valence-electron chi connectivity index (χ2n) is 10.8. The number of nitrogens with two attached hydrogens (primary N) is 1. The van der Waals surface area contributed by atoms with Crippen LogP contribution in [0.3, 0.4) is 0 Å². The molecule has 0 bridgehead atoms. The van der Waals surface area contributed by atoms with Crippen LogP contribution in [0.5, 0.6) is 0 Å². The van der Waals surface area contributed by atoms with E-state index < -0.39 is 47.9 Å². The van der Waals surface area contributed by atoms with Gasteiger partial charge in [0, 0.05) is 35.4 Å². The van der Waals surface area contributed by atoms with E-state index in [4.69, 9.17) is 5.73 Å². The normalized spacial score (nSPS) is 14.5. The Morgan fingerprint density at radius 3 is 2.25 bits per heavy atom. The Bertz CT molecular complexity index is 1300. The van der Waals surface area contributed by atoms with Crippen molar-refractivity contribution in [2.24, 2.45) is 17.6 Å². The molecule has 3 aromatic rings. The Balaban J connectivity index is 1.67. The van der Waals surface area contributed by atoms with Gasteiger partial charge in [0.25, 0.3) is 0 Å². The molecule has 0 saturated heterocycles. The van der Waals surface area contributed by atoms with Crippen molar-refractivity contribution in [3.8, 4) is 0 Å². The molecule has 216 valence electrons. The number of para-hydroxylation sites is 1. The molecule has 4 atom stereocenters. The molecular weight excluding hydrogens is 514 g/mol. The lowest BCUT2D eigenvalue weighted by Crippen LogP contribution is -2.59. The number of aliphatic carboxylic acids is 1. The van der Waals surface area contributed by atoms with Crippen LogP contribution in [0.1, 0.15) is 45.4 Å². The summed E-state index contributed by atoms with van der Waals surface area (Å²) in [7, 11) is 0. The number of aromatic nitrogens is 3. The van der Waals surface area contributed by atoms with Crippen LogP contribution in [0.25, 0.3) is 10.9 Å². The van der Waals surface area contributed by atoms with Gasteiger partial charge >= 0.3 is 5.97 Å². The molecule has 4 unspecified atom stereocenters. The van der Waals surface area contributed by atoms with E-state index in [-0.39, 0.29) is 24.7 Å². The Morgan fingerprint density at radius 2 is 1.62 bits per heavy atom. The number of carbonyl (C=O) groups is 4. The molecule has 0 radical (unpaired) electrons. The Kier molecular flexibility index (Phi) is 10.4. The highest BCUT2D eigenvalue weighted by Gasteiger charge is 2.32. The highest BCUT2D eigenvalue weighted by molar-refractivity contribution is 5.94. The molecule has 2 heterocycles. The average Bonchev–Trinajstić information content (AvgIpc) is 3.55. The van der Waals surface area contributed by atoms with Gasteiger partial charge < -0.3 is 36.8 Å². The first-order valence-corrected chi connectivity index (χ1v) is 13.4. The maximum atomic E-state index is 13.3. The number of hydrogen-bond acceptors (Lipinski definition) is 6. The first-order chi connectivity index (χ1) is 19.0. The van der Waals surface area contributed by atoms with Crippen molar-refractivity contribution in [1.29, 1.82) is 0 Å². The number of amides is 3. The number of nitrogens with zero attached hydrogens (tertiary/aromatic N) is 1. The van der Waals surface area contributed by atoms with Crippen LogP contribution in [0.2, 0.25) is 0 Å². The quantitative estimate of drug-likeness (QED) is 0.156. The summed E-state index contributed by atoms with van der Waals surface area (Å²) in [6.07, 6.45) is 5.31. The van der Waals surface area contributed by atoms with E-state index in [0.29, 0.717) is 12.1 Å². The van der Waals surface area contributed by atoms with Crippen molar-refractivity contribution in [3.63, 3.8) is 0 Å². The second-order valence-corrected chi connectivity index (χ2v) is 10.8. The van der Waals surface area contributed by atoms with Gasteiger partial charge in [-0.1, -0.05) is 45.9 Å². The predicted octanol–water partition coefficient (Wildman–Crippen LogP) is 1.24. The largest absolute Gasteiger partial charge is 0.480 e. The van der Waals surface area contributed by atoms with Crippen LogP contribution < -0.4 is 21.7 Å². The van der Waals surface area contributed by atoms with Crippen molar-refractivity contribution in [2.75, 3.05) is 0 Å². The molecular formula is C28H39N7O5. The monoisotopic (exact) mass is 553 g/mol. The topological polar surface area (TPSA) is 195 Å². The third-order valence-corrected chi connectivity index (χ3v) is 6.63. The lowest BCUT2D eigenvalue weighted by Gasteiger charge is -2.27. The van der Waals surface area contributed by atoms with Crippen LogP contribution in [0, 0.1) is 11.8 Å². The summed E-state index contributed by atoms with van der Waals surface area (Å²) < 4.78 is 0. The lowest BCUT2D eigenvalue weighted by atomic mass is 9.98. The number of carboxylic acid groups (broad SMARTS) is 1. The molecule has 0 fully saturated rings. The van der Waals surface area contributed by atoms with Crippen molar-refractivity contribution in [2.45, 2.75) is 71.1 Å². The lowest BCUT2D eigenvalue weighted by molar-refractivity contribution is -0.142. The summed E-state index contributed by atoms with van der Waals surface area (Å²) in [6, 6.07) is 3.62. The van der Waals surface area contributed by atoms with Crippen LogP contribution in [-0.2, 0) is 32.0 Å². The number of hydrogen-bond donors (Lipinski definition) is 7. The minimum atomic E-state index is -1.22. The molecule has 0 aliphatic rings. The molecule has 0 aliphatic carbocycles. The number of rotatable bonds is 14. The minimum absolute atomic E-state index is 0.000183. The summed E-state index contributed by atoms with van der Waals surface area (Å²) >= 11 is 0. The zero-order valence-electron chi connectivity index (χ0n) is 23.2. The number of aromatic amines is 2. The summed E-state index contributed by atoms with van der Waals surface area (Å²) in [5, 5.41) is 18.6. The van der Waals surface area contributed by atoms with E-state index in [0.717, 1.165) is 16.5 Å². The highest BCUT2D eigenvalue weighted by Crippen LogP contribution is 2.19. The predicted molar refractivity (Wildman–Crippen MR) is 150 cm³/mol. The molecule has 2 aromatic heterocycles. The zero-order valence-corrected chi connectivity index (χ0v) is 23.2. The maximum Gasteiger partial charge on any atom is 0.326 e. The van der Waals surface area contributed by atoms with E-state index in [2.05, 4.69) is 30.9 Å². The van der Waals surface area contributed by atoms with Gasteiger partial charge in [0.15, 0.2) is 0 Å². The summed E-state index contributed by atoms with van der Waals surface area (Å²) in [5.41, 5.74) is 8.60. The number of H-pyrrole nitrogens is 2. The number of imidazole rings is 1. The molecule has 12 nitrogen and oxygen atoms in total. The van der Waals surface area contributed by atoms with Crippen LogP contribution >= 0.6 is 0 Å².